The maximum atomic E-state index is 13.6. The highest BCUT2D eigenvalue weighted by Crippen LogP contribution is 2.42. The van der Waals surface area contributed by atoms with Gasteiger partial charge in [0.05, 0.1) is 41.6 Å². The van der Waals surface area contributed by atoms with Crippen LogP contribution in [0.3, 0.4) is 0 Å². The highest BCUT2D eigenvalue weighted by molar-refractivity contribution is 5.84. The van der Waals surface area contributed by atoms with Crippen molar-refractivity contribution in [2.45, 2.75) is 32.4 Å². The number of amides is 2. The third-order valence-electron chi connectivity index (χ3n) is 6.26. The summed E-state index contributed by atoms with van der Waals surface area (Å²) in [5.74, 6) is 1.69. The molecule has 0 saturated carbocycles. The SMILES string of the molecule is COC(=O)[C@@H](NC(=O)N1CCc2cc(OC)c(OC)cc2[C@@H]1c1ccc(OC)c(OC)c1)C(C)C. The highest BCUT2D eigenvalue weighted by Gasteiger charge is 2.36. The van der Waals surface area contributed by atoms with Crippen LogP contribution in [0.2, 0.25) is 0 Å². The van der Waals surface area contributed by atoms with Gasteiger partial charge in [-0.1, -0.05) is 19.9 Å². The van der Waals surface area contributed by atoms with Crippen molar-refractivity contribution in [2.24, 2.45) is 5.92 Å². The van der Waals surface area contributed by atoms with Crippen molar-refractivity contribution >= 4 is 12.0 Å². The molecule has 2 aromatic rings. The Balaban J connectivity index is 2.12. The zero-order valence-electron chi connectivity index (χ0n) is 21.3. The summed E-state index contributed by atoms with van der Waals surface area (Å²) in [6, 6.07) is 7.81. The molecule has 2 atom stereocenters. The number of carbonyl (C=O) groups is 2. The first kappa shape index (κ1) is 26.0. The number of nitrogens with one attached hydrogen (secondary N) is 1. The van der Waals surface area contributed by atoms with Crippen molar-refractivity contribution in [3.8, 4) is 23.0 Å². The van der Waals surface area contributed by atoms with Gasteiger partial charge in [-0.05, 0) is 53.3 Å². The smallest absolute Gasteiger partial charge is 0.328 e. The molecule has 190 valence electrons. The van der Waals surface area contributed by atoms with E-state index in [1.807, 2.05) is 44.2 Å². The van der Waals surface area contributed by atoms with Gasteiger partial charge in [0.1, 0.15) is 6.04 Å². The molecule has 1 aliphatic heterocycles. The molecule has 0 bridgehead atoms. The Morgan fingerprint density at radius 1 is 0.886 bits per heavy atom. The van der Waals surface area contributed by atoms with E-state index in [4.69, 9.17) is 23.7 Å². The summed E-state index contributed by atoms with van der Waals surface area (Å²) in [6.45, 7) is 4.14. The van der Waals surface area contributed by atoms with Crippen molar-refractivity contribution in [2.75, 3.05) is 42.1 Å². The van der Waals surface area contributed by atoms with Crippen LogP contribution in [0.4, 0.5) is 4.79 Å². The van der Waals surface area contributed by atoms with Crippen LogP contribution >= 0.6 is 0 Å². The van der Waals surface area contributed by atoms with Crippen molar-refractivity contribution in [1.82, 2.24) is 10.2 Å². The molecule has 1 N–H and O–H groups in total. The number of nitrogens with zero attached hydrogens (tertiary/aromatic N) is 1. The zero-order valence-corrected chi connectivity index (χ0v) is 21.3. The van der Waals surface area contributed by atoms with Gasteiger partial charge in [0.15, 0.2) is 23.0 Å². The van der Waals surface area contributed by atoms with Crippen LogP contribution in [-0.2, 0) is 16.0 Å². The molecular weight excluding hydrogens is 452 g/mol. The summed E-state index contributed by atoms with van der Waals surface area (Å²) < 4.78 is 26.9. The van der Waals surface area contributed by atoms with E-state index < -0.39 is 18.1 Å². The van der Waals surface area contributed by atoms with Gasteiger partial charge < -0.3 is 33.9 Å². The van der Waals surface area contributed by atoms with E-state index in [2.05, 4.69) is 5.32 Å². The molecule has 2 amide bonds. The van der Waals surface area contributed by atoms with Gasteiger partial charge in [-0.2, -0.15) is 0 Å². The van der Waals surface area contributed by atoms with Gasteiger partial charge in [0, 0.05) is 6.54 Å². The second kappa shape index (κ2) is 11.2. The number of benzene rings is 2. The first-order chi connectivity index (χ1) is 16.8. The summed E-state index contributed by atoms with van der Waals surface area (Å²) in [5.41, 5.74) is 2.76. The van der Waals surface area contributed by atoms with Gasteiger partial charge in [0.2, 0.25) is 0 Å². The van der Waals surface area contributed by atoms with Crippen LogP contribution in [0, 0.1) is 5.92 Å². The van der Waals surface area contributed by atoms with E-state index in [1.54, 1.807) is 33.3 Å². The van der Waals surface area contributed by atoms with Gasteiger partial charge in [0.25, 0.3) is 0 Å². The number of esters is 1. The normalized spacial score (nSPS) is 15.7. The lowest BCUT2D eigenvalue weighted by atomic mass is 9.87. The van der Waals surface area contributed by atoms with Gasteiger partial charge in [-0.3, -0.25) is 0 Å². The minimum atomic E-state index is -0.773. The molecule has 2 aromatic carbocycles. The Hall–Kier alpha value is -3.62. The lowest BCUT2D eigenvalue weighted by Gasteiger charge is -2.39. The summed E-state index contributed by atoms with van der Waals surface area (Å²) in [7, 11) is 7.62. The molecule has 0 radical (unpaired) electrons. The standard InChI is InChI=1S/C26H34N2O7/c1-15(2)23(25(29)35-7)27-26(30)28-11-10-16-12-21(33-5)22(34-6)14-18(16)24(28)17-8-9-19(31-3)20(13-17)32-4/h8-9,12-15,23-24H,10-11H2,1-7H3,(H,27,30)/t23-,24-/m0/s1. The van der Waals surface area contributed by atoms with E-state index in [9.17, 15) is 9.59 Å². The molecule has 9 heteroatoms. The van der Waals surface area contributed by atoms with E-state index in [0.29, 0.717) is 36.0 Å². The monoisotopic (exact) mass is 486 g/mol. The fourth-order valence-corrected chi connectivity index (χ4v) is 4.39. The molecule has 9 nitrogen and oxygen atoms in total. The zero-order chi connectivity index (χ0) is 25.7. The van der Waals surface area contributed by atoms with Crippen molar-refractivity contribution in [3.63, 3.8) is 0 Å². The van der Waals surface area contributed by atoms with Crippen LogP contribution in [0.5, 0.6) is 23.0 Å². The second-order valence-electron chi connectivity index (χ2n) is 8.56. The van der Waals surface area contributed by atoms with Crippen LogP contribution in [0.15, 0.2) is 30.3 Å². The quantitative estimate of drug-likeness (QED) is 0.570. The van der Waals surface area contributed by atoms with E-state index in [0.717, 1.165) is 16.7 Å². The Bertz CT molecular complexity index is 1070. The van der Waals surface area contributed by atoms with Crippen LogP contribution in [0.25, 0.3) is 0 Å². The fraction of sp³-hybridized carbons (Fsp3) is 0.462. The summed E-state index contributed by atoms with van der Waals surface area (Å²) in [5, 5.41) is 2.87. The topological polar surface area (TPSA) is 95.6 Å². The molecule has 0 aliphatic carbocycles. The molecule has 35 heavy (non-hydrogen) atoms. The average Bonchev–Trinajstić information content (AvgIpc) is 2.88. The molecule has 1 aliphatic rings. The first-order valence-electron chi connectivity index (χ1n) is 11.4. The van der Waals surface area contributed by atoms with E-state index in [-0.39, 0.29) is 11.9 Å². The highest BCUT2D eigenvalue weighted by atomic mass is 16.5. The minimum Gasteiger partial charge on any atom is -0.493 e. The summed E-state index contributed by atoms with van der Waals surface area (Å²) in [6.07, 6.45) is 0.609. The summed E-state index contributed by atoms with van der Waals surface area (Å²) >= 11 is 0. The second-order valence-corrected chi connectivity index (χ2v) is 8.56. The molecule has 0 spiro atoms. The molecule has 0 unspecified atom stereocenters. The number of urea groups is 1. The molecule has 1 heterocycles. The minimum absolute atomic E-state index is 0.146. The van der Waals surface area contributed by atoms with Gasteiger partial charge in [-0.25, -0.2) is 9.59 Å². The van der Waals surface area contributed by atoms with Crippen molar-refractivity contribution in [1.29, 1.82) is 0 Å². The third-order valence-corrected chi connectivity index (χ3v) is 6.26. The molecule has 0 aromatic heterocycles. The van der Waals surface area contributed by atoms with E-state index >= 15 is 0 Å². The fourth-order valence-electron chi connectivity index (χ4n) is 4.39. The average molecular weight is 487 g/mol. The maximum Gasteiger partial charge on any atom is 0.328 e. The molecule has 0 fully saturated rings. The predicted molar refractivity (Wildman–Crippen MR) is 131 cm³/mol. The number of rotatable bonds is 8. The summed E-state index contributed by atoms with van der Waals surface area (Å²) in [4.78, 5) is 27.6. The predicted octanol–water partition coefficient (Wildman–Crippen LogP) is 3.58. The van der Waals surface area contributed by atoms with Crippen molar-refractivity contribution < 1.29 is 33.3 Å². The lowest BCUT2D eigenvalue weighted by Crippen LogP contribution is -2.53. The largest absolute Gasteiger partial charge is 0.493 e. The van der Waals surface area contributed by atoms with Crippen LogP contribution in [-0.4, -0.2) is 65.0 Å². The molecule has 3 rings (SSSR count). The third kappa shape index (κ3) is 5.23. The Morgan fingerprint density at radius 3 is 2.06 bits per heavy atom. The van der Waals surface area contributed by atoms with E-state index in [1.165, 1.54) is 7.11 Å². The Morgan fingerprint density at radius 2 is 1.49 bits per heavy atom. The maximum absolute atomic E-state index is 13.6. The van der Waals surface area contributed by atoms with Gasteiger partial charge >= 0.3 is 12.0 Å². The van der Waals surface area contributed by atoms with Crippen LogP contribution < -0.4 is 24.3 Å². The number of hydrogen-bond donors (Lipinski definition) is 1. The lowest BCUT2D eigenvalue weighted by molar-refractivity contribution is -0.144. The van der Waals surface area contributed by atoms with Crippen molar-refractivity contribution in [3.05, 3.63) is 47.0 Å². The number of hydrogen-bond acceptors (Lipinski definition) is 7. The van der Waals surface area contributed by atoms with Crippen LogP contribution in [0.1, 0.15) is 36.6 Å². The molecule has 0 saturated heterocycles. The first-order valence-corrected chi connectivity index (χ1v) is 11.4. The number of carbonyl (C=O) groups excluding carboxylic acids is 2. The Kier molecular flexibility index (Phi) is 8.32. The number of fused-ring (bicyclic) bond motifs is 1. The van der Waals surface area contributed by atoms with Gasteiger partial charge in [-0.15, -0.1) is 0 Å². The number of ether oxygens (including phenoxy) is 5. The Labute approximate surface area is 206 Å². The molecular formula is C26H34N2O7. The number of methoxy groups -OCH3 is 5.